The molecule has 2 aromatic heterocycles. The molecular weight excluding hydrogens is 232 g/mol. The molecule has 94 valence electrons. The van der Waals surface area contributed by atoms with Gasteiger partial charge < -0.3 is 11.1 Å². The van der Waals surface area contributed by atoms with Crippen LogP contribution >= 0.6 is 0 Å². The first-order valence-electron chi connectivity index (χ1n) is 5.58. The number of pyridine rings is 1. The highest BCUT2D eigenvalue weighted by atomic mass is 16.2. The van der Waals surface area contributed by atoms with E-state index in [0.717, 1.165) is 5.69 Å². The van der Waals surface area contributed by atoms with Crippen molar-refractivity contribution in [2.45, 2.75) is 13.1 Å². The average Bonchev–Trinajstić information content (AvgIpc) is 2.86. The van der Waals surface area contributed by atoms with Crippen molar-refractivity contribution < 1.29 is 4.79 Å². The maximum absolute atomic E-state index is 11.7. The number of nitrogens with zero attached hydrogens (tertiary/aromatic N) is 4. The van der Waals surface area contributed by atoms with Crippen LogP contribution in [0.5, 0.6) is 0 Å². The summed E-state index contributed by atoms with van der Waals surface area (Å²) in [6, 6.07) is 5.53. The molecule has 2 heterocycles. The number of carbonyl (C=O) groups is 1. The fourth-order valence-corrected chi connectivity index (χ4v) is 1.41. The van der Waals surface area contributed by atoms with Crippen molar-refractivity contribution in [3.05, 3.63) is 42.0 Å². The fraction of sp³-hybridized carbons (Fsp3) is 0.273. The predicted octanol–water partition coefficient (Wildman–Crippen LogP) is -0.438. The Kier molecular flexibility index (Phi) is 3.98. The number of amides is 1. The first-order valence-corrected chi connectivity index (χ1v) is 5.58. The lowest BCUT2D eigenvalue weighted by molar-refractivity contribution is 0.0945. The van der Waals surface area contributed by atoms with Gasteiger partial charge in [-0.25, -0.2) is 0 Å². The quantitative estimate of drug-likeness (QED) is 0.745. The minimum Gasteiger partial charge on any atom is -0.345 e. The standard InChI is InChI=1S/C11H14N6O/c12-4-6-17-8-10(15-16-17)11(18)14-7-9-3-1-2-5-13-9/h1-3,5,8H,4,6-7,12H2,(H,14,18). The maximum Gasteiger partial charge on any atom is 0.273 e. The summed E-state index contributed by atoms with van der Waals surface area (Å²) in [5.41, 5.74) is 6.45. The minimum atomic E-state index is -0.274. The molecule has 0 unspecified atom stereocenters. The van der Waals surface area contributed by atoms with Gasteiger partial charge in [0, 0.05) is 12.7 Å². The van der Waals surface area contributed by atoms with E-state index in [-0.39, 0.29) is 11.6 Å². The number of nitrogens with one attached hydrogen (secondary N) is 1. The third-order valence-corrected chi connectivity index (χ3v) is 2.29. The number of carbonyl (C=O) groups excluding carboxylic acids is 1. The van der Waals surface area contributed by atoms with Gasteiger partial charge in [0.2, 0.25) is 0 Å². The molecule has 2 rings (SSSR count). The van der Waals surface area contributed by atoms with Crippen molar-refractivity contribution in [1.29, 1.82) is 0 Å². The smallest absolute Gasteiger partial charge is 0.273 e. The second kappa shape index (κ2) is 5.87. The molecule has 0 aliphatic carbocycles. The Hall–Kier alpha value is -2.28. The van der Waals surface area contributed by atoms with Gasteiger partial charge in [0.15, 0.2) is 5.69 Å². The second-order valence-corrected chi connectivity index (χ2v) is 3.66. The van der Waals surface area contributed by atoms with Crippen molar-refractivity contribution in [1.82, 2.24) is 25.3 Å². The Labute approximate surface area is 104 Å². The van der Waals surface area contributed by atoms with E-state index < -0.39 is 0 Å². The lowest BCUT2D eigenvalue weighted by Crippen LogP contribution is -2.23. The molecular formula is C11H14N6O. The zero-order valence-corrected chi connectivity index (χ0v) is 9.78. The number of hydrogen-bond acceptors (Lipinski definition) is 5. The normalized spacial score (nSPS) is 10.3. The topological polar surface area (TPSA) is 98.7 Å². The maximum atomic E-state index is 11.7. The number of nitrogens with two attached hydrogens (primary N) is 1. The summed E-state index contributed by atoms with van der Waals surface area (Å²) >= 11 is 0. The van der Waals surface area contributed by atoms with Crippen molar-refractivity contribution in [3.8, 4) is 0 Å². The highest BCUT2D eigenvalue weighted by molar-refractivity contribution is 5.91. The van der Waals surface area contributed by atoms with Crippen LogP contribution in [-0.2, 0) is 13.1 Å². The molecule has 0 radical (unpaired) electrons. The highest BCUT2D eigenvalue weighted by Crippen LogP contribution is 1.96. The molecule has 3 N–H and O–H groups in total. The van der Waals surface area contributed by atoms with E-state index in [0.29, 0.717) is 19.6 Å². The van der Waals surface area contributed by atoms with Crippen LogP contribution < -0.4 is 11.1 Å². The van der Waals surface area contributed by atoms with Crippen molar-refractivity contribution in [3.63, 3.8) is 0 Å². The Bertz CT molecular complexity index is 509. The molecule has 0 bridgehead atoms. The molecule has 1 amide bonds. The van der Waals surface area contributed by atoms with Gasteiger partial charge >= 0.3 is 0 Å². The first-order chi connectivity index (χ1) is 8.79. The summed E-state index contributed by atoms with van der Waals surface area (Å²) in [4.78, 5) is 15.9. The SMILES string of the molecule is NCCn1cc(C(=O)NCc2ccccn2)nn1. The van der Waals surface area contributed by atoms with Gasteiger partial charge in [0.25, 0.3) is 5.91 Å². The van der Waals surface area contributed by atoms with Gasteiger partial charge in [-0.05, 0) is 12.1 Å². The van der Waals surface area contributed by atoms with Crippen LogP contribution in [0.25, 0.3) is 0 Å². The molecule has 18 heavy (non-hydrogen) atoms. The first kappa shape index (κ1) is 12.2. The summed E-state index contributed by atoms with van der Waals surface area (Å²) in [6.45, 7) is 1.36. The molecule has 0 saturated heterocycles. The Morgan fingerprint density at radius 2 is 2.33 bits per heavy atom. The van der Waals surface area contributed by atoms with E-state index in [1.54, 1.807) is 12.4 Å². The lowest BCUT2D eigenvalue weighted by atomic mass is 10.3. The van der Waals surface area contributed by atoms with Gasteiger partial charge in [0.1, 0.15) is 0 Å². The minimum absolute atomic E-state index is 0.274. The zero-order chi connectivity index (χ0) is 12.8. The van der Waals surface area contributed by atoms with E-state index in [1.807, 2.05) is 18.2 Å². The average molecular weight is 246 g/mol. The largest absolute Gasteiger partial charge is 0.345 e. The van der Waals surface area contributed by atoms with Crippen molar-refractivity contribution in [2.75, 3.05) is 6.54 Å². The molecule has 0 aliphatic heterocycles. The van der Waals surface area contributed by atoms with Gasteiger partial charge in [-0.1, -0.05) is 11.3 Å². The van der Waals surface area contributed by atoms with Crippen molar-refractivity contribution in [2.24, 2.45) is 5.73 Å². The van der Waals surface area contributed by atoms with Crippen LogP contribution in [0, 0.1) is 0 Å². The molecule has 0 spiro atoms. The van der Waals surface area contributed by atoms with Crippen LogP contribution in [0.4, 0.5) is 0 Å². The summed E-state index contributed by atoms with van der Waals surface area (Å²) < 4.78 is 1.54. The Morgan fingerprint density at radius 1 is 1.44 bits per heavy atom. The third kappa shape index (κ3) is 3.11. The number of hydrogen-bond donors (Lipinski definition) is 2. The summed E-state index contributed by atoms with van der Waals surface area (Å²) in [6.07, 6.45) is 3.25. The monoisotopic (exact) mass is 246 g/mol. The van der Waals surface area contributed by atoms with Gasteiger partial charge in [-0.3, -0.25) is 14.5 Å². The van der Waals surface area contributed by atoms with Gasteiger partial charge in [-0.2, -0.15) is 0 Å². The molecule has 0 aliphatic rings. The molecule has 0 aromatic carbocycles. The second-order valence-electron chi connectivity index (χ2n) is 3.66. The Balaban J connectivity index is 1.91. The van der Waals surface area contributed by atoms with Gasteiger partial charge in [-0.15, -0.1) is 5.10 Å². The number of aromatic nitrogens is 4. The molecule has 0 fully saturated rings. The highest BCUT2D eigenvalue weighted by Gasteiger charge is 2.10. The molecule has 7 nitrogen and oxygen atoms in total. The van der Waals surface area contributed by atoms with Gasteiger partial charge in [0.05, 0.1) is 25.0 Å². The van der Waals surface area contributed by atoms with E-state index in [9.17, 15) is 4.79 Å². The van der Waals surface area contributed by atoms with Crippen LogP contribution in [0.15, 0.2) is 30.6 Å². The van der Waals surface area contributed by atoms with Crippen LogP contribution in [0.1, 0.15) is 16.2 Å². The molecule has 2 aromatic rings. The number of rotatable bonds is 5. The fourth-order valence-electron chi connectivity index (χ4n) is 1.41. The van der Waals surface area contributed by atoms with Crippen molar-refractivity contribution >= 4 is 5.91 Å². The molecule has 7 heteroatoms. The summed E-state index contributed by atoms with van der Waals surface area (Å²) in [5, 5.41) is 10.3. The Morgan fingerprint density at radius 3 is 3.06 bits per heavy atom. The van der Waals surface area contributed by atoms with E-state index in [4.69, 9.17) is 5.73 Å². The van der Waals surface area contributed by atoms with E-state index in [1.165, 1.54) is 4.68 Å². The van der Waals surface area contributed by atoms with Crippen LogP contribution in [-0.4, -0.2) is 32.4 Å². The molecule has 0 saturated carbocycles. The van der Waals surface area contributed by atoms with E-state index in [2.05, 4.69) is 20.6 Å². The molecule has 0 atom stereocenters. The zero-order valence-electron chi connectivity index (χ0n) is 9.78. The van der Waals surface area contributed by atoms with E-state index >= 15 is 0 Å². The predicted molar refractivity (Wildman–Crippen MR) is 64.5 cm³/mol. The summed E-state index contributed by atoms with van der Waals surface area (Å²) in [5.74, 6) is -0.274. The van der Waals surface area contributed by atoms with Crippen LogP contribution in [0.2, 0.25) is 0 Å². The van der Waals surface area contributed by atoms with Crippen LogP contribution in [0.3, 0.4) is 0 Å². The summed E-state index contributed by atoms with van der Waals surface area (Å²) in [7, 11) is 0. The third-order valence-electron chi connectivity index (χ3n) is 2.29. The lowest BCUT2D eigenvalue weighted by Gasteiger charge is -2.01.